The van der Waals surface area contributed by atoms with Crippen LogP contribution in [-0.2, 0) is 0 Å². The van der Waals surface area contributed by atoms with Crippen molar-refractivity contribution in [3.05, 3.63) is 12.7 Å². The van der Waals surface area contributed by atoms with E-state index in [-0.39, 0.29) is 17.3 Å². The van der Waals surface area contributed by atoms with E-state index in [1.807, 2.05) is 27.7 Å². The Morgan fingerprint density at radius 1 is 1.33 bits per heavy atom. The maximum absolute atomic E-state index is 11.9. The van der Waals surface area contributed by atoms with Crippen LogP contribution in [0.5, 0.6) is 0 Å². The number of carbonyl (C=O) groups excluding carboxylic acids is 1. The van der Waals surface area contributed by atoms with Crippen LogP contribution < -0.4 is 0 Å². The lowest BCUT2D eigenvalue weighted by atomic mass is 10.2. The molecule has 0 fully saturated rings. The zero-order valence-corrected chi connectivity index (χ0v) is 11.8. The summed E-state index contributed by atoms with van der Waals surface area (Å²) in [6, 6.07) is 0.248. The molecule has 0 atom stereocenters. The SMILES string of the molecule is C=CC(Cl)(Cl)SC(=O)N(C(C)C)C(C)C. The Morgan fingerprint density at radius 3 is 2.00 bits per heavy atom. The normalized spacial score (nSPS) is 12.0. The van der Waals surface area contributed by atoms with Gasteiger partial charge in [-0.2, -0.15) is 0 Å². The first kappa shape index (κ1) is 15.1. The van der Waals surface area contributed by atoms with Crippen LogP contribution in [0.25, 0.3) is 0 Å². The van der Waals surface area contributed by atoms with E-state index in [2.05, 4.69) is 6.58 Å². The third kappa shape index (κ3) is 5.14. The topological polar surface area (TPSA) is 20.3 Å². The number of hydrogen-bond acceptors (Lipinski definition) is 2. The van der Waals surface area contributed by atoms with Crippen LogP contribution in [0.15, 0.2) is 12.7 Å². The minimum Gasteiger partial charge on any atom is -0.329 e. The van der Waals surface area contributed by atoms with Gasteiger partial charge in [0.25, 0.3) is 5.24 Å². The summed E-state index contributed by atoms with van der Waals surface area (Å²) in [6.45, 7) is 11.3. The van der Waals surface area contributed by atoms with Gasteiger partial charge in [-0.25, -0.2) is 0 Å². The number of hydrogen-bond donors (Lipinski definition) is 0. The molecule has 0 aliphatic carbocycles. The van der Waals surface area contributed by atoms with Crippen LogP contribution in [0.4, 0.5) is 4.79 Å². The van der Waals surface area contributed by atoms with Crippen molar-refractivity contribution in [3.63, 3.8) is 0 Å². The van der Waals surface area contributed by atoms with Crippen molar-refractivity contribution < 1.29 is 4.79 Å². The molecule has 0 aromatic rings. The third-order valence-corrected chi connectivity index (χ3v) is 3.38. The van der Waals surface area contributed by atoms with E-state index in [0.29, 0.717) is 0 Å². The van der Waals surface area contributed by atoms with Gasteiger partial charge in [0.1, 0.15) is 0 Å². The maximum Gasteiger partial charge on any atom is 0.285 e. The molecular weight excluding hydrogens is 253 g/mol. The van der Waals surface area contributed by atoms with Gasteiger partial charge < -0.3 is 4.90 Å². The number of nitrogens with zero attached hydrogens (tertiary/aromatic N) is 1. The van der Waals surface area contributed by atoms with Crippen molar-refractivity contribution in [1.82, 2.24) is 4.90 Å². The molecule has 2 nitrogen and oxygen atoms in total. The Kier molecular flexibility index (Phi) is 6.08. The largest absolute Gasteiger partial charge is 0.329 e. The first-order valence-corrected chi connectivity index (χ1v) is 6.31. The molecule has 0 saturated heterocycles. The Labute approximate surface area is 106 Å². The minimum absolute atomic E-state index is 0.124. The summed E-state index contributed by atoms with van der Waals surface area (Å²) in [5.74, 6) is 0. The Balaban J connectivity index is 4.60. The number of carbonyl (C=O) groups is 1. The number of thioether (sulfide) groups is 1. The lowest BCUT2D eigenvalue weighted by Gasteiger charge is -2.31. The summed E-state index contributed by atoms with van der Waals surface area (Å²) in [4.78, 5) is 13.6. The van der Waals surface area contributed by atoms with E-state index in [1.54, 1.807) is 4.90 Å². The van der Waals surface area contributed by atoms with E-state index in [1.165, 1.54) is 6.08 Å². The molecule has 0 heterocycles. The number of alkyl halides is 2. The molecule has 5 heteroatoms. The summed E-state index contributed by atoms with van der Waals surface area (Å²) >= 11 is 12.5. The number of amides is 1. The smallest absolute Gasteiger partial charge is 0.285 e. The van der Waals surface area contributed by atoms with Crippen molar-refractivity contribution >= 4 is 40.2 Å². The monoisotopic (exact) mass is 269 g/mol. The van der Waals surface area contributed by atoms with Crippen LogP contribution in [0.1, 0.15) is 27.7 Å². The van der Waals surface area contributed by atoms with Gasteiger partial charge in [-0.05, 0) is 45.5 Å². The zero-order chi connectivity index (χ0) is 12.2. The molecule has 15 heavy (non-hydrogen) atoms. The highest BCUT2D eigenvalue weighted by molar-refractivity contribution is 8.16. The average Bonchev–Trinajstić information content (AvgIpc) is 2.01. The molecular formula is C10H17Cl2NOS. The highest BCUT2D eigenvalue weighted by Gasteiger charge is 2.30. The second-order valence-electron chi connectivity index (χ2n) is 3.73. The number of rotatable bonds is 4. The molecule has 0 aliphatic rings. The molecule has 0 aromatic heterocycles. The fourth-order valence-electron chi connectivity index (χ4n) is 1.23. The third-order valence-electron chi connectivity index (χ3n) is 1.78. The van der Waals surface area contributed by atoms with Crippen LogP contribution in [-0.4, -0.2) is 25.9 Å². The molecule has 0 spiro atoms. The van der Waals surface area contributed by atoms with Gasteiger partial charge in [0.15, 0.2) is 3.67 Å². The maximum atomic E-state index is 11.9. The summed E-state index contributed by atoms with van der Waals surface area (Å²) in [5.41, 5.74) is 0. The first-order chi connectivity index (χ1) is 6.71. The highest BCUT2D eigenvalue weighted by atomic mass is 35.5. The van der Waals surface area contributed by atoms with Crippen molar-refractivity contribution in [2.75, 3.05) is 0 Å². The second-order valence-corrected chi connectivity index (χ2v) is 6.76. The lowest BCUT2D eigenvalue weighted by Crippen LogP contribution is -2.40. The molecule has 0 rings (SSSR count). The van der Waals surface area contributed by atoms with Crippen molar-refractivity contribution in [3.8, 4) is 0 Å². The lowest BCUT2D eigenvalue weighted by molar-refractivity contribution is 0.190. The van der Waals surface area contributed by atoms with Gasteiger partial charge in [0.05, 0.1) is 0 Å². The van der Waals surface area contributed by atoms with E-state index in [0.717, 1.165) is 11.8 Å². The van der Waals surface area contributed by atoms with Crippen LogP contribution in [0.2, 0.25) is 0 Å². The Morgan fingerprint density at radius 2 is 1.73 bits per heavy atom. The van der Waals surface area contributed by atoms with E-state index >= 15 is 0 Å². The molecule has 0 N–H and O–H groups in total. The Hall–Kier alpha value is 0.140. The van der Waals surface area contributed by atoms with E-state index in [4.69, 9.17) is 23.2 Å². The predicted octanol–water partition coefficient (Wildman–Crippen LogP) is 4.28. The standard InChI is InChI=1S/C10H17Cl2NOS/c1-6-10(11,12)15-9(14)13(7(2)3)8(4)5/h6-8H,1H2,2-5H3. The van der Waals surface area contributed by atoms with Crippen molar-refractivity contribution in [2.45, 2.75) is 43.4 Å². The fourth-order valence-corrected chi connectivity index (χ4v) is 2.47. The summed E-state index contributed by atoms with van der Waals surface area (Å²) in [5, 5.41) is -0.134. The first-order valence-electron chi connectivity index (χ1n) is 4.74. The number of halogens is 2. The average molecular weight is 270 g/mol. The van der Waals surface area contributed by atoms with E-state index in [9.17, 15) is 4.79 Å². The molecule has 0 unspecified atom stereocenters. The molecule has 0 saturated carbocycles. The van der Waals surface area contributed by atoms with Gasteiger partial charge in [0.2, 0.25) is 0 Å². The molecule has 0 radical (unpaired) electrons. The van der Waals surface area contributed by atoms with Gasteiger partial charge in [-0.15, -0.1) is 0 Å². The van der Waals surface area contributed by atoms with Gasteiger partial charge in [0, 0.05) is 12.1 Å². The van der Waals surface area contributed by atoms with Crippen molar-refractivity contribution in [2.24, 2.45) is 0 Å². The minimum atomic E-state index is -1.25. The summed E-state index contributed by atoms with van der Waals surface area (Å²) in [7, 11) is 0. The summed E-state index contributed by atoms with van der Waals surface area (Å²) in [6.07, 6.45) is 1.34. The Bertz CT molecular complexity index is 234. The van der Waals surface area contributed by atoms with Crippen LogP contribution in [0.3, 0.4) is 0 Å². The molecule has 88 valence electrons. The summed E-state index contributed by atoms with van der Waals surface area (Å²) < 4.78 is -1.25. The predicted molar refractivity (Wildman–Crippen MR) is 69.7 cm³/mol. The van der Waals surface area contributed by atoms with E-state index < -0.39 is 3.67 Å². The van der Waals surface area contributed by atoms with Crippen molar-refractivity contribution in [1.29, 1.82) is 0 Å². The molecule has 0 aliphatic heterocycles. The van der Waals surface area contributed by atoms with Gasteiger partial charge >= 0.3 is 0 Å². The van der Waals surface area contributed by atoms with Gasteiger partial charge in [-0.1, -0.05) is 29.8 Å². The molecule has 1 amide bonds. The van der Waals surface area contributed by atoms with Gasteiger partial charge in [-0.3, -0.25) is 4.79 Å². The molecule has 0 bridgehead atoms. The quantitative estimate of drug-likeness (QED) is 0.561. The molecule has 0 aromatic carbocycles. The van der Waals surface area contributed by atoms with Crippen LogP contribution in [0, 0.1) is 0 Å². The second kappa shape index (κ2) is 6.02. The highest BCUT2D eigenvalue weighted by Crippen LogP contribution is 2.38. The zero-order valence-electron chi connectivity index (χ0n) is 9.46. The van der Waals surface area contributed by atoms with Crippen LogP contribution >= 0.6 is 35.0 Å². The fraction of sp³-hybridized carbons (Fsp3) is 0.700.